The van der Waals surface area contributed by atoms with Gasteiger partial charge in [-0.15, -0.1) is 0 Å². The molecule has 1 rings (SSSR count). The molecule has 0 saturated carbocycles. The number of aliphatic hydroxyl groups excluding tert-OH is 1. The van der Waals surface area contributed by atoms with Gasteiger partial charge in [-0.2, -0.15) is 13.2 Å². The summed E-state index contributed by atoms with van der Waals surface area (Å²) in [5.74, 6) is -1.05. The highest BCUT2D eigenvalue weighted by Crippen LogP contribution is 2.31. The standard InChI is InChI=1S/C9H9F4NO/c10-7-2-5(8(15)4-14)1-6(3-7)9(11,12)13/h1-3,8,15H,4,14H2. The summed E-state index contributed by atoms with van der Waals surface area (Å²) in [5.41, 5.74) is 3.75. The fourth-order valence-electron chi connectivity index (χ4n) is 1.10. The minimum absolute atomic E-state index is 0.176. The van der Waals surface area contributed by atoms with Crippen LogP contribution in [0, 0.1) is 5.82 Å². The second kappa shape index (κ2) is 4.16. The summed E-state index contributed by atoms with van der Waals surface area (Å²) in [6.07, 6.45) is -5.92. The van der Waals surface area contributed by atoms with E-state index in [2.05, 4.69) is 0 Å². The van der Waals surface area contributed by atoms with Crippen LogP contribution in [0.15, 0.2) is 18.2 Å². The van der Waals surface area contributed by atoms with Crippen molar-refractivity contribution in [1.29, 1.82) is 0 Å². The average molecular weight is 223 g/mol. The summed E-state index contributed by atoms with van der Waals surface area (Å²) in [6, 6.07) is 1.88. The Morgan fingerprint density at radius 2 is 1.87 bits per heavy atom. The first-order valence-electron chi connectivity index (χ1n) is 4.10. The third-order valence-corrected chi connectivity index (χ3v) is 1.86. The molecule has 0 heterocycles. The fraction of sp³-hybridized carbons (Fsp3) is 0.333. The number of nitrogens with two attached hydrogens (primary N) is 1. The number of benzene rings is 1. The SMILES string of the molecule is NCC(O)c1cc(F)cc(C(F)(F)F)c1. The summed E-state index contributed by atoms with van der Waals surface area (Å²) in [4.78, 5) is 0. The Balaban J connectivity index is 3.17. The molecule has 0 fully saturated rings. The van der Waals surface area contributed by atoms with E-state index in [1.807, 2.05) is 0 Å². The zero-order valence-corrected chi connectivity index (χ0v) is 7.55. The number of aliphatic hydroxyl groups is 1. The van der Waals surface area contributed by atoms with Gasteiger partial charge in [-0.3, -0.25) is 0 Å². The summed E-state index contributed by atoms with van der Waals surface area (Å²) in [5, 5.41) is 9.18. The molecule has 1 aromatic rings. The van der Waals surface area contributed by atoms with Gasteiger partial charge < -0.3 is 10.8 Å². The Kier molecular flexibility index (Phi) is 3.31. The van der Waals surface area contributed by atoms with Crippen LogP contribution in [-0.4, -0.2) is 11.7 Å². The molecule has 0 aliphatic rings. The highest BCUT2D eigenvalue weighted by Gasteiger charge is 2.31. The Hall–Kier alpha value is -1.14. The predicted molar refractivity (Wildman–Crippen MR) is 45.4 cm³/mol. The zero-order chi connectivity index (χ0) is 11.6. The van der Waals surface area contributed by atoms with Crippen molar-refractivity contribution in [3.05, 3.63) is 35.1 Å². The van der Waals surface area contributed by atoms with Crippen LogP contribution in [-0.2, 0) is 6.18 Å². The fourth-order valence-corrected chi connectivity index (χ4v) is 1.10. The predicted octanol–water partition coefficient (Wildman–Crippen LogP) is 1.84. The van der Waals surface area contributed by atoms with E-state index in [-0.39, 0.29) is 12.1 Å². The van der Waals surface area contributed by atoms with E-state index in [1.165, 1.54) is 0 Å². The van der Waals surface area contributed by atoms with E-state index in [0.717, 1.165) is 6.07 Å². The first-order valence-corrected chi connectivity index (χ1v) is 4.10. The van der Waals surface area contributed by atoms with E-state index in [0.29, 0.717) is 12.1 Å². The molecule has 0 bridgehead atoms. The third-order valence-electron chi connectivity index (χ3n) is 1.86. The van der Waals surface area contributed by atoms with Crippen LogP contribution in [0.25, 0.3) is 0 Å². The molecule has 0 radical (unpaired) electrons. The van der Waals surface area contributed by atoms with Crippen LogP contribution in [0.3, 0.4) is 0 Å². The lowest BCUT2D eigenvalue weighted by atomic mass is 10.1. The molecule has 15 heavy (non-hydrogen) atoms. The summed E-state index contributed by atoms with van der Waals surface area (Å²) >= 11 is 0. The Labute approximate surface area is 83.3 Å². The minimum atomic E-state index is -4.63. The van der Waals surface area contributed by atoms with Gasteiger partial charge in [0.25, 0.3) is 0 Å². The summed E-state index contributed by atoms with van der Waals surface area (Å²) in [6.45, 7) is -0.263. The lowest BCUT2D eigenvalue weighted by molar-refractivity contribution is -0.137. The summed E-state index contributed by atoms with van der Waals surface area (Å²) in [7, 11) is 0. The molecule has 6 heteroatoms. The van der Waals surface area contributed by atoms with E-state index in [1.54, 1.807) is 0 Å². The van der Waals surface area contributed by atoms with E-state index in [4.69, 9.17) is 5.73 Å². The van der Waals surface area contributed by atoms with Crippen LogP contribution in [0.5, 0.6) is 0 Å². The molecule has 0 saturated heterocycles. The molecular weight excluding hydrogens is 214 g/mol. The highest BCUT2D eigenvalue weighted by molar-refractivity contribution is 5.28. The van der Waals surface area contributed by atoms with Crippen molar-refractivity contribution in [3.8, 4) is 0 Å². The number of hydrogen-bond donors (Lipinski definition) is 2. The first kappa shape index (κ1) is 11.9. The van der Waals surface area contributed by atoms with Crippen LogP contribution in [0.1, 0.15) is 17.2 Å². The smallest absolute Gasteiger partial charge is 0.387 e. The van der Waals surface area contributed by atoms with Crippen molar-refractivity contribution >= 4 is 0 Å². The molecule has 84 valence electrons. The molecule has 1 aromatic carbocycles. The quantitative estimate of drug-likeness (QED) is 0.751. The zero-order valence-electron chi connectivity index (χ0n) is 7.55. The molecule has 1 unspecified atom stereocenters. The molecule has 0 amide bonds. The van der Waals surface area contributed by atoms with Gasteiger partial charge >= 0.3 is 6.18 Å². The monoisotopic (exact) mass is 223 g/mol. The molecule has 0 aliphatic heterocycles. The number of rotatable bonds is 2. The van der Waals surface area contributed by atoms with Crippen molar-refractivity contribution in [2.75, 3.05) is 6.54 Å². The van der Waals surface area contributed by atoms with Crippen molar-refractivity contribution in [2.45, 2.75) is 12.3 Å². The van der Waals surface area contributed by atoms with Crippen molar-refractivity contribution in [1.82, 2.24) is 0 Å². The molecular formula is C9H9F4NO. The van der Waals surface area contributed by atoms with Crippen molar-refractivity contribution in [3.63, 3.8) is 0 Å². The molecule has 0 aromatic heterocycles. The molecule has 0 spiro atoms. The normalized spacial score (nSPS) is 14.0. The average Bonchev–Trinajstić information content (AvgIpc) is 2.14. The van der Waals surface area contributed by atoms with Gasteiger partial charge in [-0.05, 0) is 23.8 Å². The van der Waals surface area contributed by atoms with Crippen LogP contribution >= 0.6 is 0 Å². The van der Waals surface area contributed by atoms with E-state index < -0.39 is 23.7 Å². The molecule has 0 aliphatic carbocycles. The third kappa shape index (κ3) is 2.90. The van der Waals surface area contributed by atoms with Gasteiger partial charge in [0.1, 0.15) is 5.82 Å². The largest absolute Gasteiger partial charge is 0.416 e. The maximum atomic E-state index is 12.8. The second-order valence-corrected chi connectivity index (χ2v) is 3.02. The topological polar surface area (TPSA) is 46.2 Å². The molecule has 3 N–H and O–H groups in total. The van der Waals surface area contributed by atoms with Crippen LogP contribution in [0.2, 0.25) is 0 Å². The second-order valence-electron chi connectivity index (χ2n) is 3.02. The lowest BCUT2D eigenvalue weighted by Gasteiger charge is -2.12. The lowest BCUT2D eigenvalue weighted by Crippen LogP contribution is -2.13. The first-order chi connectivity index (χ1) is 6.84. The Bertz CT molecular complexity index is 350. The molecule has 1 atom stereocenters. The van der Waals surface area contributed by atoms with Gasteiger partial charge in [0.15, 0.2) is 0 Å². The van der Waals surface area contributed by atoms with E-state index in [9.17, 15) is 22.7 Å². The number of alkyl halides is 3. The molecule has 2 nitrogen and oxygen atoms in total. The Morgan fingerprint density at radius 3 is 2.33 bits per heavy atom. The highest BCUT2D eigenvalue weighted by atomic mass is 19.4. The number of halogens is 4. The minimum Gasteiger partial charge on any atom is -0.387 e. The maximum absolute atomic E-state index is 12.8. The van der Waals surface area contributed by atoms with Crippen molar-refractivity contribution in [2.24, 2.45) is 5.73 Å². The van der Waals surface area contributed by atoms with Crippen molar-refractivity contribution < 1.29 is 22.7 Å². The Morgan fingerprint density at radius 1 is 1.27 bits per heavy atom. The summed E-state index contributed by atoms with van der Waals surface area (Å²) < 4.78 is 49.5. The maximum Gasteiger partial charge on any atom is 0.416 e. The van der Waals surface area contributed by atoms with E-state index >= 15 is 0 Å². The van der Waals surface area contributed by atoms with Crippen LogP contribution < -0.4 is 5.73 Å². The van der Waals surface area contributed by atoms with Gasteiger partial charge in [0, 0.05) is 6.54 Å². The number of hydrogen-bond acceptors (Lipinski definition) is 2. The van der Waals surface area contributed by atoms with Gasteiger partial charge in [0.05, 0.1) is 11.7 Å². The van der Waals surface area contributed by atoms with Gasteiger partial charge in [-0.25, -0.2) is 4.39 Å². The van der Waals surface area contributed by atoms with Gasteiger partial charge in [0.2, 0.25) is 0 Å². The van der Waals surface area contributed by atoms with Crippen LogP contribution in [0.4, 0.5) is 17.6 Å². The van der Waals surface area contributed by atoms with Gasteiger partial charge in [-0.1, -0.05) is 0 Å².